The van der Waals surface area contributed by atoms with Gasteiger partial charge >= 0.3 is 0 Å². The van der Waals surface area contributed by atoms with Crippen molar-refractivity contribution < 1.29 is 15.0 Å². The summed E-state index contributed by atoms with van der Waals surface area (Å²) >= 11 is 0. The predicted molar refractivity (Wildman–Crippen MR) is 61.1 cm³/mol. The van der Waals surface area contributed by atoms with E-state index in [1.165, 1.54) is 0 Å². The molecule has 16 heavy (non-hydrogen) atoms. The molecule has 0 aliphatic rings. The number of aliphatic hydroxyl groups excluding tert-OH is 1. The van der Waals surface area contributed by atoms with Gasteiger partial charge in [0, 0.05) is 12.1 Å². The summed E-state index contributed by atoms with van der Waals surface area (Å²) in [6, 6.07) is 6.72. The number of para-hydroxylation sites is 1. The average Bonchev–Trinajstić information content (AvgIpc) is 2.29. The number of aromatic hydroxyl groups is 1. The quantitative estimate of drug-likeness (QED) is 0.692. The Labute approximate surface area is 94.9 Å². The van der Waals surface area contributed by atoms with Gasteiger partial charge in [-0.1, -0.05) is 25.1 Å². The molecule has 3 N–H and O–H groups in total. The van der Waals surface area contributed by atoms with Crippen LogP contribution < -0.4 is 5.32 Å². The predicted octanol–water partition coefficient (Wildman–Crippen LogP) is 0.822. The minimum atomic E-state index is -0.506. The molecular weight excluding hydrogens is 206 g/mol. The van der Waals surface area contributed by atoms with E-state index < -0.39 is 6.10 Å². The van der Waals surface area contributed by atoms with Crippen molar-refractivity contribution in [3.63, 3.8) is 0 Å². The Bertz CT molecular complexity index is 352. The Hall–Kier alpha value is -1.55. The number of hydrogen-bond donors (Lipinski definition) is 3. The number of phenols is 1. The first-order chi connectivity index (χ1) is 7.63. The van der Waals surface area contributed by atoms with Crippen molar-refractivity contribution in [3.05, 3.63) is 29.8 Å². The molecule has 0 spiro atoms. The Morgan fingerprint density at radius 3 is 2.75 bits per heavy atom. The number of carbonyl (C=O) groups excluding carboxylic acids is 1. The summed E-state index contributed by atoms with van der Waals surface area (Å²) in [5, 5.41) is 21.3. The minimum Gasteiger partial charge on any atom is -0.508 e. The molecule has 1 atom stereocenters. The van der Waals surface area contributed by atoms with E-state index >= 15 is 0 Å². The van der Waals surface area contributed by atoms with E-state index in [2.05, 4.69) is 5.32 Å². The maximum atomic E-state index is 11.5. The molecule has 0 aromatic heterocycles. The Balaban J connectivity index is 2.43. The van der Waals surface area contributed by atoms with Crippen LogP contribution in [0.2, 0.25) is 0 Å². The molecule has 0 radical (unpaired) electrons. The largest absolute Gasteiger partial charge is 0.508 e. The van der Waals surface area contributed by atoms with Gasteiger partial charge in [-0.15, -0.1) is 0 Å². The zero-order valence-electron chi connectivity index (χ0n) is 9.31. The number of amides is 1. The third-order valence-electron chi connectivity index (χ3n) is 2.35. The van der Waals surface area contributed by atoms with Crippen molar-refractivity contribution >= 4 is 5.91 Å². The summed E-state index contributed by atoms with van der Waals surface area (Å²) in [5.74, 6) is -0.0808. The summed E-state index contributed by atoms with van der Waals surface area (Å²) in [6.45, 7) is 2.10. The molecule has 4 heteroatoms. The molecule has 1 aromatic carbocycles. The fourth-order valence-corrected chi connectivity index (χ4v) is 1.27. The van der Waals surface area contributed by atoms with Crippen LogP contribution in [0.5, 0.6) is 5.75 Å². The zero-order chi connectivity index (χ0) is 12.0. The van der Waals surface area contributed by atoms with Crippen molar-refractivity contribution in [1.82, 2.24) is 5.32 Å². The average molecular weight is 223 g/mol. The van der Waals surface area contributed by atoms with Crippen molar-refractivity contribution in [2.24, 2.45) is 0 Å². The van der Waals surface area contributed by atoms with Crippen molar-refractivity contribution in [3.8, 4) is 5.75 Å². The highest BCUT2D eigenvalue weighted by Crippen LogP contribution is 2.15. The van der Waals surface area contributed by atoms with Crippen LogP contribution in [-0.4, -0.2) is 28.8 Å². The van der Waals surface area contributed by atoms with E-state index in [9.17, 15) is 15.0 Å². The lowest BCUT2D eigenvalue weighted by atomic mass is 10.1. The topological polar surface area (TPSA) is 69.6 Å². The van der Waals surface area contributed by atoms with E-state index in [0.29, 0.717) is 12.0 Å². The van der Waals surface area contributed by atoms with Crippen LogP contribution in [0.25, 0.3) is 0 Å². The van der Waals surface area contributed by atoms with Crippen LogP contribution in [-0.2, 0) is 11.2 Å². The molecule has 88 valence electrons. The van der Waals surface area contributed by atoms with Gasteiger partial charge in [0.1, 0.15) is 5.75 Å². The van der Waals surface area contributed by atoms with Gasteiger partial charge in [0.2, 0.25) is 5.91 Å². The van der Waals surface area contributed by atoms with E-state index in [1.54, 1.807) is 24.3 Å². The molecule has 1 unspecified atom stereocenters. The second-order valence-electron chi connectivity index (χ2n) is 3.67. The summed E-state index contributed by atoms with van der Waals surface area (Å²) < 4.78 is 0. The molecule has 0 fully saturated rings. The van der Waals surface area contributed by atoms with E-state index in [4.69, 9.17) is 0 Å². The molecule has 1 aromatic rings. The molecule has 0 aliphatic carbocycles. The fourth-order valence-electron chi connectivity index (χ4n) is 1.27. The number of rotatable bonds is 5. The molecular formula is C12H17NO3. The molecule has 4 nitrogen and oxygen atoms in total. The second kappa shape index (κ2) is 6.12. The van der Waals surface area contributed by atoms with E-state index in [-0.39, 0.29) is 24.6 Å². The maximum absolute atomic E-state index is 11.5. The Morgan fingerprint density at radius 2 is 2.12 bits per heavy atom. The fraction of sp³-hybridized carbons (Fsp3) is 0.417. The minimum absolute atomic E-state index is 0.119. The lowest BCUT2D eigenvalue weighted by Crippen LogP contribution is -2.32. The van der Waals surface area contributed by atoms with Gasteiger partial charge in [0.25, 0.3) is 0 Å². The first kappa shape index (κ1) is 12.5. The second-order valence-corrected chi connectivity index (χ2v) is 3.67. The van der Waals surface area contributed by atoms with Gasteiger partial charge < -0.3 is 15.5 Å². The highest BCUT2D eigenvalue weighted by Gasteiger charge is 2.08. The number of carbonyl (C=O) groups is 1. The normalized spacial score (nSPS) is 12.1. The van der Waals surface area contributed by atoms with E-state index in [0.717, 1.165) is 0 Å². The summed E-state index contributed by atoms with van der Waals surface area (Å²) in [4.78, 5) is 11.5. The number of aliphatic hydroxyl groups is 1. The molecule has 0 heterocycles. The van der Waals surface area contributed by atoms with Crippen LogP contribution in [0.1, 0.15) is 18.9 Å². The van der Waals surface area contributed by atoms with Gasteiger partial charge in [-0.05, 0) is 12.5 Å². The molecule has 1 amide bonds. The maximum Gasteiger partial charge on any atom is 0.224 e. The van der Waals surface area contributed by atoms with Crippen molar-refractivity contribution in [2.45, 2.75) is 25.9 Å². The zero-order valence-corrected chi connectivity index (χ0v) is 9.31. The Morgan fingerprint density at radius 1 is 1.44 bits per heavy atom. The van der Waals surface area contributed by atoms with Crippen LogP contribution >= 0.6 is 0 Å². The van der Waals surface area contributed by atoms with Gasteiger partial charge in [0.05, 0.1) is 12.5 Å². The van der Waals surface area contributed by atoms with Crippen molar-refractivity contribution in [1.29, 1.82) is 0 Å². The van der Waals surface area contributed by atoms with Crippen LogP contribution in [0, 0.1) is 0 Å². The monoisotopic (exact) mass is 223 g/mol. The number of nitrogens with one attached hydrogen (secondary N) is 1. The lowest BCUT2D eigenvalue weighted by molar-refractivity contribution is -0.120. The van der Waals surface area contributed by atoms with Crippen LogP contribution in [0.15, 0.2) is 24.3 Å². The lowest BCUT2D eigenvalue weighted by Gasteiger charge is -2.09. The van der Waals surface area contributed by atoms with Crippen LogP contribution in [0.4, 0.5) is 0 Å². The first-order valence-electron chi connectivity index (χ1n) is 5.35. The standard InChI is InChI=1S/C12H17NO3/c1-2-10(14)8-13-12(16)7-9-5-3-4-6-11(9)15/h3-6,10,14-15H,2,7-8H2,1H3,(H,13,16). The number of hydrogen-bond acceptors (Lipinski definition) is 3. The summed E-state index contributed by atoms with van der Waals surface area (Å²) in [5.41, 5.74) is 0.589. The smallest absolute Gasteiger partial charge is 0.224 e. The number of benzene rings is 1. The molecule has 0 saturated heterocycles. The molecule has 0 aliphatic heterocycles. The SMILES string of the molecule is CCC(O)CNC(=O)Cc1ccccc1O. The molecule has 0 saturated carbocycles. The van der Waals surface area contributed by atoms with Gasteiger partial charge in [-0.25, -0.2) is 0 Å². The third-order valence-corrected chi connectivity index (χ3v) is 2.35. The first-order valence-corrected chi connectivity index (χ1v) is 5.35. The van der Waals surface area contributed by atoms with Crippen molar-refractivity contribution in [2.75, 3.05) is 6.54 Å². The summed E-state index contributed by atoms with van der Waals surface area (Å²) in [6.07, 6.45) is 0.230. The van der Waals surface area contributed by atoms with Gasteiger partial charge in [-0.3, -0.25) is 4.79 Å². The van der Waals surface area contributed by atoms with Gasteiger partial charge in [0.15, 0.2) is 0 Å². The third kappa shape index (κ3) is 3.90. The molecule has 1 rings (SSSR count). The Kier molecular flexibility index (Phi) is 4.79. The molecule has 0 bridgehead atoms. The number of phenolic OH excluding ortho intramolecular Hbond substituents is 1. The van der Waals surface area contributed by atoms with Gasteiger partial charge in [-0.2, -0.15) is 0 Å². The van der Waals surface area contributed by atoms with E-state index in [1.807, 2.05) is 6.92 Å². The van der Waals surface area contributed by atoms with Crippen LogP contribution in [0.3, 0.4) is 0 Å². The highest BCUT2D eigenvalue weighted by atomic mass is 16.3. The summed E-state index contributed by atoms with van der Waals surface area (Å²) in [7, 11) is 0. The highest BCUT2D eigenvalue weighted by molar-refractivity contribution is 5.79.